The van der Waals surface area contributed by atoms with Crippen LogP contribution in [0.4, 0.5) is 10.1 Å². The number of hydrogen-bond donors (Lipinski definition) is 1. The fourth-order valence-corrected chi connectivity index (χ4v) is 4.18. The second kappa shape index (κ2) is 8.11. The molecule has 2 aliphatic heterocycles. The van der Waals surface area contributed by atoms with Crippen LogP contribution in [0.2, 0.25) is 0 Å². The van der Waals surface area contributed by atoms with E-state index in [9.17, 15) is 14.0 Å². The zero-order chi connectivity index (χ0) is 22.2. The van der Waals surface area contributed by atoms with Crippen LogP contribution in [0.1, 0.15) is 24.6 Å². The highest BCUT2D eigenvalue weighted by Gasteiger charge is 2.35. The lowest BCUT2D eigenvalue weighted by Crippen LogP contribution is -2.32. The fraction of sp³-hybridized carbons (Fsp3) is 0.292. The number of rotatable bonds is 5. The molecule has 3 aromatic rings. The second-order valence-electron chi connectivity index (χ2n) is 8.24. The molecule has 7 nitrogen and oxygen atoms in total. The molecule has 0 spiro atoms. The number of carbonyl (C=O) groups excluding carboxylic acids is 2. The van der Waals surface area contributed by atoms with Crippen LogP contribution < -0.4 is 15.0 Å². The Morgan fingerprint density at radius 1 is 1.19 bits per heavy atom. The Balaban J connectivity index is 1.19. The highest BCUT2D eigenvalue weighted by molar-refractivity contribution is 6.00. The van der Waals surface area contributed by atoms with Crippen molar-refractivity contribution in [1.82, 2.24) is 10.5 Å². The Labute approximate surface area is 184 Å². The van der Waals surface area contributed by atoms with E-state index >= 15 is 0 Å². The first-order valence-electron chi connectivity index (χ1n) is 10.6. The number of carbonyl (C=O) groups is 2. The molecule has 0 radical (unpaired) electrons. The lowest BCUT2D eigenvalue weighted by atomic mass is 10.1. The Kier molecular flexibility index (Phi) is 5.13. The molecular formula is C24H22FN3O4. The van der Waals surface area contributed by atoms with E-state index in [0.29, 0.717) is 17.1 Å². The van der Waals surface area contributed by atoms with Gasteiger partial charge in [0.25, 0.3) is 0 Å². The molecule has 1 fully saturated rings. The molecule has 164 valence electrons. The summed E-state index contributed by atoms with van der Waals surface area (Å²) in [6.45, 7) is 2.50. The number of ether oxygens (including phenoxy) is 1. The van der Waals surface area contributed by atoms with Crippen molar-refractivity contribution in [3.8, 4) is 17.1 Å². The summed E-state index contributed by atoms with van der Waals surface area (Å²) in [7, 11) is 0. The van der Waals surface area contributed by atoms with E-state index in [4.69, 9.17) is 9.26 Å². The van der Waals surface area contributed by atoms with Gasteiger partial charge in [0.1, 0.15) is 23.4 Å². The Morgan fingerprint density at radius 3 is 2.81 bits per heavy atom. The molecule has 2 aromatic carbocycles. The average Bonchev–Trinajstić information content (AvgIpc) is 3.49. The zero-order valence-electron chi connectivity index (χ0n) is 17.5. The summed E-state index contributed by atoms with van der Waals surface area (Å²) in [6.07, 6.45) is 1.14. The van der Waals surface area contributed by atoms with Crippen LogP contribution in [0, 0.1) is 11.7 Å². The van der Waals surface area contributed by atoms with Crippen molar-refractivity contribution in [2.24, 2.45) is 5.92 Å². The molecule has 2 amide bonds. The van der Waals surface area contributed by atoms with Gasteiger partial charge in [-0.05, 0) is 55.0 Å². The molecule has 1 saturated heterocycles. The monoisotopic (exact) mass is 435 g/mol. The number of hydrogen-bond acceptors (Lipinski definition) is 5. The molecule has 1 aromatic heterocycles. The molecule has 2 unspecified atom stereocenters. The minimum atomic E-state index is -0.474. The smallest absolute Gasteiger partial charge is 0.227 e. The minimum absolute atomic E-state index is 0.114. The normalized spacial score (nSPS) is 19.7. The highest BCUT2D eigenvalue weighted by Crippen LogP contribution is 2.33. The predicted molar refractivity (Wildman–Crippen MR) is 114 cm³/mol. The molecule has 2 aliphatic rings. The van der Waals surface area contributed by atoms with E-state index in [-0.39, 0.29) is 43.2 Å². The van der Waals surface area contributed by atoms with E-state index < -0.39 is 5.92 Å². The van der Waals surface area contributed by atoms with Crippen LogP contribution in [0.5, 0.6) is 5.75 Å². The lowest BCUT2D eigenvalue weighted by molar-refractivity contribution is -0.126. The van der Waals surface area contributed by atoms with Crippen LogP contribution in [0.3, 0.4) is 0 Å². The van der Waals surface area contributed by atoms with Crippen molar-refractivity contribution in [2.45, 2.75) is 32.4 Å². The topological polar surface area (TPSA) is 84.7 Å². The Bertz CT molecular complexity index is 1170. The largest absolute Gasteiger partial charge is 0.490 e. The summed E-state index contributed by atoms with van der Waals surface area (Å²) < 4.78 is 24.3. The van der Waals surface area contributed by atoms with Crippen LogP contribution in [0.25, 0.3) is 11.3 Å². The summed E-state index contributed by atoms with van der Waals surface area (Å²) >= 11 is 0. The number of nitrogens with zero attached hydrogens (tertiary/aromatic N) is 2. The molecule has 0 aliphatic carbocycles. The number of halogens is 1. The molecule has 0 bridgehead atoms. The molecule has 2 atom stereocenters. The number of benzene rings is 2. The molecule has 5 rings (SSSR count). The van der Waals surface area contributed by atoms with Crippen LogP contribution in [-0.4, -0.2) is 29.6 Å². The van der Waals surface area contributed by atoms with Crippen LogP contribution in [0.15, 0.2) is 53.1 Å². The standard InChI is InChI=1S/C24H22FN3O4/c1-14-8-16-9-15(2-7-21(16)31-14)22-11-19(27-32-22)12-26-24(30)17-10-23(29)28(13-17)20-5-3-18(25)4-6-20/h2-7,9,11,14,17H,8,10,12-13H2,1H3,(H,26,30). The third-order valence-corrected chi connectivity index (χ3v) is 5.82. The number of nitrogens with one attached hydrogen (secondary N) is 1. The van der Waals surface area contributed by atoms with Gasteiger partial charge >= 0.3 is 0 Å². The highest BCUT2D eigenvalue weighted by atomic mass is 19.1. The van der Waals surface area contributed by atoms with E-state index in [1.807, 2.05) is 25.1 Å². The van der Waals surface area contributed by atoms with Crippen molar-refractivity contribution >= 4 is 17.5 Å². The van der Waals surface area contributed by atoms with Gasteiger partial charge in [0, 0.05) is 36.7 Å². The number of aromatic nitrogens is 1. The van der Waals surface area contributed by atoms with Gasteiger partial charge in [0.15, 0.2) is 5.76 Å². The van der Waals surface area contributed by atoms with Crippen LogP contribution in [-0.2, 0) is 22.6 Å². The third-order valence-electron chi connectivity index (χ3n) is 5.82. The number of fused-ring (bicyclic) bond motifs is 1. The SMILES string of the molecule is CC1Cc2cc(-c3cc(CNC(=O)C4CC(=O)N(c5ccc(F)cc5)C4)no3)ccc2O1. The maximum atomic E-state index is 13.1. The fourth-order valence-electron chi connectivity index (χ4n) is 4.18. The summed E-state index contributed by atoms with van der Waals surface area (Å²) in [5.74, 6) is 0.290. The van der Waals surface area contributed by atoms with Gasteiger partial charge in [-0.25, -0.2) is 4.39 Å². The van der Waals surface area contributed by atoms with E-state index in [1.54, 1.807) is 6.07 Å². The van der Waals surface area contributed by atoms with Gasteiger partial charge in [0.2, 0.25) is 11.8 Å². The molecular weight excluding hydrogens is 413 g/mol. The van der Waals surface area contributed by atoms with Crippen molar-refractivity contribution in [1.29, 1.82) is 0 Å². The Hall–Kier alpha value is -3.68. The second-order valence-corrected chi connectivity index (χ2v) is 8.24. The van der Waals surface area contributed by atoms with Crippen molar-refractivity contribution < 1.29 is 23.2 Å². The molecule has 3 heterocycles. The van der Waals surface area contributed by atoms with Gasteiger partial charge < -0.3 is 19.5 Å². The first kappa shape index (κ1) is 20.2. The molecule has 0 saturated carbocycles. The van der Waals surface area contributed by atoms with Gasteiger partial charge in [0.05, 0.1) is 12.5 Å². The average molecular weight is 435 g/mol. The first-order valence-corrected chi connectivity index (χ1v) is 10.6. The predicted octanol–water partition coefficient (Wildman–Crippen LogP) is 3.47. The van der Waals surface area contributed by atoms with E-state index in [1.165, 1.54) is 29.2 Å². The quantitative estimate of drug-likeness (QED) is 0.663. The minimum Gasteiger partial charge on any atom is -0.490 e. The summed E-state index contributed by atoms with van der Waals surface area (Å²) in [4.78, 5) is 26.4. The number of anilines is 1. The van der Waals surface area contributed by atoms with Gasteiger partial charge in [-0.2, -0.15) is 0 Å². The van der Waals surface area contributed by atoms with Gasteiger partial charge in [-0.15, -0.1) is 0 Å². The lowest BCUT2D eigenvalue weighted by Gasteiger charge is -2.16. The summed E-state index contributed by atoms with van der Waals surface area (Å²) in [5.41, 5.74) is 3.22. The first-order chi connectivity index (χ1) is 15.5. The third kappa shape index (κ3) is 3.95. The summed E-state index contributed by atoms with van der Waals surface area (Å²) in [6, 6.07) is 13.4. The van der Waals surface area contributed by atoms with Crippen molar-refractivity contribution in [2.75, 3.05) is 11.4 Å². The van der Waals surface area contributed by atoms with Crippen molar-refractivity contribution in [3.63, 3.8) is 0 Å². The Morgan fingerprint density at radius 2 is 2.00 bits per heavy atom. The van der Waals surface area contributed by atoms with Gasteiger partial charge in [-0.1, -0.05) is 5.16 Å². The number of amides is 2. The molecule has 1 N–H and O–H groups in total. The van der Waals surface area contributed by atoms with E-state index in [2.05, 4.69) is 10.5 Å². The van der Waals surface area contributed by atoms with Gasteiger partial charge in [-0.3, -0.25) is 9.59 Å². The molecule has 8 heteroatoms. The van der Waals surface area contributed by atoms with E-state index in [0.717, 1.165) is 23.3 Å². The van der Waals surface area contributed by atoms with Crippen molar-refractivity contribution in [3.05, 3.63) is 65.6 Å². The van der Waals surface area contributed by atoms with Crippen LogP contribution >= 0.6 is 0 Å². The summed E-state index contributed by atoms with van der Waals surface area (Å²) in [5, 5.41) is 6.89. The maximum Gasteiger partial charge on any atom is 0.227 e. The zero-order valence-corrected chi connectivity index (χ0v) is 17.5. The maximum absolute atomic E-state index is 13.1. The molecule has 32 heavy (non-hydrogen) atoms.